The van der Waals surface area contributed by atoms with E-state index in [0.717, 1.165) is 43.0 Å². The number of hydrogen-bond acceptors (Lipinski definition) is 6. The third-order valence-electron chi connectivity index (χ3n) is 6.41. The lowest BCUT2D eigenvalue weighted by molar-refractivity contribution is 0.335. The standard InChI is InChI=1S/C23H26N6O/c30-23-5-4-20(19-6-10-24-11-7-19)27-29(23)15-17-8-12-28(13-9-17)22-14-21(25-16-26-22)18-2-1-3-18/h4-7,10-11,14,16-18H,1-3,8-9,12-13,15H2. The highest BCUT2D eigenvalue weighted by Crippen LogP contribution is 2.36. The van der Waals surface area contributed by atoms with E-state index < -0.39 is 0 Å². The second-order valence-corrected chi connectivity index (χ2v) is 8.33. The van der Waals surface area contributed by atoms with Crippen molar-refractivity contribution in [2.45, 2.75) is 44.6 Å². The van der Waals surface area contributed by atoms with Gasteiger partial charge in [-0.15, -0.1) is 0 Å². The zero-order valence-corrected chi connectivity index (χ0v) is 17.0. The summed E-state index contributed by atoms with van der Waals surface area (Å²) in [5.41, 5.74) is 2.92. The summed E-state index contributed by atoms with van der Waals surface area (Å²) in [6, 6.07) is 9.39. The normalized spacial score (nSPS) is 17.7. The quantitative estimate of drug-likeness (QED) is 0.652. The molecule has 3 aromatic heterocycles. The summed E-state index contributed by atoms with van der Waals surface area (Å²) in [4.78, 5) is 27.8. The van der Waals surface area contributed by atoms with Crippen molar-refractivity contribution in [1.82, 2.24) is 24.7 Å². The number of piperidine rings is 1. The van der Waals surface area contributed by atoms with Gasteiger partial charge in [-0.3, -0.25) is 9.78 Å². The molecule has 7 nitrogen and oxygen atoms in total. The first-order valence-electron chi connectivity index (χ1n) is 10.8. The Morgan fingerprint density at radius 3 is 2.50 bits per heavy atom. The lowest BCUT2D eigenvalue weighted by Crippen LogP contribution is -2.37. The van der Waals surface area contributed by atoms with Gasteiger partial charge in [-0.2, -0.15) is 5.10 Å². The van der Waals surface area contributed by atoms with Crippen molar-refractivity contribution in [3.8, 4) is 11.3 Å². The fourth-order valence-corrected chi connectivity index (χ4v) is 4.31. The Bertz CT molecular complexity index is 1050. The molecule has 154 valence electrons. The molecule has 7 heteroatoms. The minimum atomic E-state index is -0.0452. The van der Waals surface area contributed by atoms with Crippen molar-refractivity contribution in [2.75, 3.05) is 18.0 Å². The van der Waals surface area contributed by atoms with Crippen LogP contribution in [0.2, 0.25) is 0 Å². The number of aromatic nitrogens is 5. The molecule has 0 N–H and O–H groups in total. The molecule has 0 radical (unpaired) electrons. The monoisotopic (exact) mass is 402 g/mol. The van der Waals surface area contributed by atoms with Crippen molar-refractivity contribution in [3.63, 3.8) is 0 Å². The Morgan fingerprint density at radius 1 is 0.967 bits per heavy atom. The number of rotatable bonds is 5. The first-order chi connectivity index (χ1) is 14.8. The van der Waals surface area contributed by atoms with E-state index in [4.69, 9.17) is 0 Å². The van der Waals surface area contributed by atoms with Crippen LogP contribution in [0.25, 0.3) is 11.3 Å². The topological polar surface area (TPSA) is 76.8 Å². The predicted molar refractivity (Wildman–Crippen MR) is 115 cm³/mol. The minimum Gasteiger partial charge on any atom is -0.356 e. The van der Waals surface area contributed by atoms with Crippen molar-refractivity contribution < 1.29 is 0 Å². The summed E-state index contributed by atoms with van der Waals surface area (Å²) in [7, 11) is 0. The number of nitrogens with zero attached hydrogens (tertiary/aromatic N) is 6. The van der Waals surface area contributed by atoms with Crippen molar-refractivity contribution in [2.24, 2.45) is 5.92 Å². The summed E-state index contributed by atoms with van der Waals surface area (Å²) in [6.45, 7) is 2.55. The first kappa shape index (κ1) is 18.9. The van der Waals surface area contributed by atoms with Gasteiger partial charge in [0.25, 0.3) is 5.56 Å². The number of hydrogen-bond donors (Lipinski definition) is 0. The number of pyridine rings is 1. The zero-order chi connectivity index (χ0) is 20.3. The fraction of sp³-hybridized carbons (Fsp3) is 0.435. The molecule has 1 aliphatic carbocycles. The third-order valence-corrected chi connectivity index (χ3v) is 6.41. The van der Waals surface area contributed by atoms with Gasteiger partial charge in [0.05, 0.1) is 5.69 Å². The van der Waals surface area contributed by atoms with Crippen LogP contribution < -0.4 is 10.5 Å². The summed E-state index contributed by atoms with van der Waals surface area (Å²) >= 11 is 0. The molecule has 0 bridgehead atoms. The molecular formula is C23H26N6O. The van der Waals surface area contributed by atoms with Crippen molar-refractivity contribution >= 4 is 5.82 Å². The van der Waals surface area contributed by atoms with E-state index in [9.17, 15) is 4.79 Å². The maximum Gasteiger partial charge on any atom is 0.266 e. The Labute approximate surface area is 175 Å². The predicted octanol–water partition coefficient (Wildman–Crippen LogP) is 3.28. The average Bonchev–Trinajstić information content (AvgIpc) is 2.75. The van der Waals surface area contributed by atoms with E-state index in [0.29, 0.717) is 18.4 Å². The highest BCUT2D eigenvalue weighted by atomic mass is 16.1. The maximum atomic E-state index is 12.4. The van der Waals surface area contributed by atoms with Gasteiger partial charge in [-0.1, -0.05) is 6.42 Å². The smallest absolute Gasteiger partial charge is 0.266 e. The SMILES string of the molecule is O=c1ccc(-c2ccncc2)nn1CC1CCN(c2cc(C3CCC3)ncn2)CC1. The van der Waals surface area contributed by atoms with Crippen LogP contribution in [0.1, 0.15) is 43.7 Å². The van der Waals surface area contributed by atoms with Gasteiger partial charge in [0.1, 0.15) is 12.1 Å². The van der Waals surface area contributed by atoms with Gasteiger partial charge in [-0.05, 0) is 49.8 Å². The Hall–Kier alpha value is -3.09. The molecule has 1 saturated carbocycles. The lowest BCUT2D eigenvalue weighted by atomic mass is 9.83. The molecule has 4 heterocycles. The zero-order valence-electron chi connectivity index (χ0n) is 17.0. The van der Waals surface area contributed by atoms with Gasteiger partial charge in [0.15, 0.2) is 0 Å². The van der Waals surface area contributed by atoms with Crippen LogP contribution in [-0.2, 0) is 6.54 Å². The van der Waals surface area contributed by atoms with Gasteiger partial charge in [0.2, 0.25) is 0 Å². The Kier molecular flexibility index (Phi) is 5.26. The third kappa shape index (κ3) is 3.97. The van der Waals surface area contributed by atoms with Crippen molar-refractivity contribution in [1.29, 1.82) is 0 Å². The van der Waals surface area contributed by atoms with E-state index >= 15 is 0 Å². The molecule has 0 spiro atoms. The van der Waals surface area contributed by atoms with Gasteiger partial charge < -0.3 is 4.90 Å². The molecule has 5 rings (SSSR count). The van der Waals surface area contributed by atoms with Gasteiger partial charge >= 0.3 is 0 Å². The highest BCUT2D eigenvalue weighted by Gasteiger charge is 2.24. The van der Waals surface area contributed by atoms with E-state index in [1.807, 2.05) is 12.1 Å². The highest BCUT2D eigenvalue weighted by molar-refractivity contribution is 5.57. The molecule has 30 heavy (non-hydrogen) atoms. The summed E-state index contributed by atoms with van der Waals surface area (Å²) in [6.07, 6.45) is 11.1. The molecule has 0 atom stereocenters. The second-order valence-electron chi connectivity index (χ2n) is 8.33. The summed E-state index contributed by atoms with van der Waals surface area (Å²) in [5, 5.41) is 4.60. The largest absolute Gasteiger partial charge is 0.356 e. The molecule has 0 aromatic carbocycles. The average molecular weight is 403 g/mol. The van der Waals surface area contributed by atoms with Crippen LogP contribution in [0.4, 0.5) is 5.82 Å². The summed E-state index contributed by atoms with van der Waals surface area (Å²) < 4.78 is 1.62. The summed E-state index contributed by atoms with van der Waals surface area (Å²) in [5.74, 6) is 2.10. The van der Waals surface area contributed by atoms with Crippen LogP contribution in [0.5, 0.6) is 0 Å². The second kappa shape index (κ2) is 8.34. The van der Waals surface area contributed by atoms with E-state index in [-0.39, 0.29) is 5.56 Å². The van der Waals surface area contributed by atoms with Crippen LogP contribution in [0, 0.1) is 5.92 Å². The Balaban J connectivity index is 1.24. The van der Waals surface area contributed by atoms with E-state index in [1.165, 1.54) is 25.0 Å². The van der Waals surface area contributed by atoms with Crippen molar-refractivity contribution in [3.05, 3.63) is 65.1 Å². The van der Waals surface area contributed by atoms with E-state index in [1.54, 1.807) is 35.5 Å². The first-order valence-corrected chi connectivity index (χ1v) is 10.8. The van der Waals surface area contributed by atoms with Crippen LogP contribution in [-0.4, -0.2) is 37.8 Å². The van der Waals surface area contributed by atoms with Gasteiger partial charge in [-0.25, -0.2) is 14.6 Å². The molecule has 2 fully saturated rings. The van der Waals surface area contributed by atoms with Crippen LogP contribution in [0.3, 0.4) is 0 Å². The molecule has 1 saturated heterocycles. The van der Waals surface area contributed by atoms with Crippen LogP contribution >= 0.6 is 0 Å². The number of anilines is 1. The molecule has 1 aliphatic heterocycles. The van der Waals surface area contributed by atoms with Crippen LogP contribution in [0.15, 0.2) is 53.8 Å². The molecule has 3 aromatic rings. The Morgan fingerprint density at radius 2 is 1.77 bits per heavy atom. The minimum absolute atomic E-state index is 0.0452. The van der Waals surface area contributed by atoms with Gasteiger partial charge in [0, 0.05) is 61.3 Å². The molecule has 0 amide bonds. The maximum absolute atomic E-state index is 12.4. The molecule has 2 aliphatic rings. The fourth-order valence-electron chi connectivity index (χ4n) is 4.31. The molecular weight excluding hydrogens is 376 g/mol. The molecule has 0 unspecified atom stereocenters. The lowest BCUT2D eigenvalue weighted by Gasteiger charge is -2.33. The van der Waals surface area contributed by atoms with E-state index in [2.05, 4.69) is 31.0 Å².